The van der Waals surface area contributed by atoms with Gasteiger partial charge in [-0.25, -0.2) is 9.98 Å². The van der Waals surface area contributed by atoms with E-state index in [-0.39, 0.29) is 29.4 Å². The Labute approximate surface area is 172 Å². The largest absolute Gasteiger partial charge is 0.469 e. The normalized spacial score (nSPS) is 11.8. The molecule has 0 atom stereocenters. The van der Waals surface area contributed by atoms with Crippen molar-refractivity contribution in [2.45, 2.75) is 46.1 Å². The fraction of sp³-hybridized carbons (Fsp3) is 0.474. The quantitative estimate of drug-likeness (QED) is 0.276. The van der Waals surface area contributed by atoms with Crippen LogP contribution in [0, 0.1) is 0 Å². The minimum Gasteiger partial charge on any atom is -0.469 e. The number of hydrogen-bond acceptors (Lipinski definition) is 4. The zero-order valence-electron chi connectivity index (χ0n) is 16.0. The average molecular weight is 472 g/mol. The van der Waals surface area contributed by atoms with Crippen LogP contribution in [-0.4, -0.2) is 24.0 Å². The maximum atomic E-state index is 5.78. The van der Waals surface area contributed by atoms with E-state index in [1.54, 1.807) is 12.5 Å². The molecule has 2 aromatic rings. The van der Waals surface area contributed by atoms with Gasteiger partial charge in [0.05, 0.1) is 12.5 Å². The minimum absolute atomic E-state index is 0. The van der Waals surface area contributed by atoms with E-state index in [4.69, 9.17) is 8.83 Å². The van der Waals surface area contributed by atoms with Crippen molar-refractivity contribution in [3.63, 3.8) is 0 Å². The Morgan fingerprint density at radius 1 is 1.31 bits per heavy atom. The molecule has 0 spiro atoms. The Balaban J connectivity index is 0.00000338. The number of hydrogen-bond donors (Lipinski definition) is 2. The van der Waals surface area contributed by atoms with E-state index in [9.17, 15) is 0 Å². The Hall–Kier alpha value is -1.77. The van der Waals surface area contributed by atoms with E-state index >= 15 is 0 Å². The Morgan fingerprint density at radius 3 is 2.65 bits per heavy atom. The van der Waals surface area contributed by atoms with Gasteiger partial charge in [-0.15, -0.1) is 24.0 Å². The fourth-order valence-corrected chi connectivity index (χ4v) is 2.04. The number of aromatic nitrogens is 1. The van der Waals surface area contributed by atoms with Crippen molar-refractivity contribution in [3.8, 4) is 0 Å². The molecule has 0 aliphatic rings. The standard InChI is InChI=1S/C19H28N4O2.HI/c1-14(2)11-22-18(20-9-8-15-7-6-10-24-15)23-13-17-21-12-16(25-17)19(3,4)5;/h6-7,10,12H,1,8-9,11,13H2,2-5H3,(H2,20,22,23);1H. The monoisotopic (exact) mass is 472 g/mol. The summed E-state index contributed by atoms with van der Waals surface area (Å²) >= 11 is 0. The molecule has 7 heteroatoms. The van der Waals surface area contributed by atoms with E-state index in [1.807, 2.05) is 19.1 Å². The maximum Gasteiger partial charge on any atom is 0.216 e. The highest BCUT2D eigenvalue weighted by atomic mass is 127. The number of nitrogens with one attached hydrogen (secondary N) is 2. The van der Waals surface area contributed by atoms with Crippen LogP contribution in [0.2, 0.25) is 0 Å². The van der Waals surface area contributed by atoms with Crippen LogP contribution >= 0.6 is 24.0 Å². The van der Waals surface area contributed by atoms with Crippen LogP contribution in [0.25, 0.3) is 0 Å². The van der Waals surface area contributed by atoms with Crippen molar-refractivity contribution in [1.29, 1.82) is 0 Å². The molecule has 144 valence electrons. The Kier molecular flexibility index (Phi) is 8.91. The molecule has 6 nitrogen and oxygen atoms in total. The second-order valence-electron chi connectivity index (χ2n) is 7.10. The molecule has 0 aromatic carbocycles. The maximum absolute atomic E-state index is 5.78. The van der Waals surface area contributed by atoms with Gasteiger partial charge in [0.2, 0.25) is 5.89 Å². The van der Waals surface area contributed by atoms with Gasteiger partial charge in [0.25, 0.3) is 0 Å². The van der Waals surface area contributed by atoms with Gasteiger partial charge in [-0.05, 0) is 19.1 Å². The molecule has 0 radical (unpaired) electrons. The summed E-state index contributed by atoms with van der Waals surface area (Å²) in [4.78, 5) is 8.86. The van der Waals surface area contributed by atoms with Gasteiger partial charge in [0.15, 0.2) is 5.96 Å². The van der Waals surface area contributed by atoms with Crippen LogP contribution in [0.5, 0.6) is 0 Å². The van der Waals surface area contributed by atoms with Crippen LogP contribution in [0.4, 0.5) is 0 Å². The van der Waals surface area contributed by atoms with Gasteiger partial charge in [0.1, 0.15) is 18.1 Å². The molecule has 2 rings (SSSR count). The van der Waals surface area contributed by atoms with Crippen LogP contribution < -0.4 is 10.6 Å². The molecule has 0 bridgehead atoms. The SMILES string of the molecule is C=C(C)CNC(=NCc1ncc(C(C)(C)C)o1)NCCc1ccco1.I. The van der Waals surface area contributed by atoms with Crippen molar-refractivity contribution in [1.82, 2.24) is 15.6 Å². The first-order chi connectivity index (χ1) is 11.8. The summed E-state index contributed by atoms with van der Waals surface area (Å²) < 4.78 is 11.1. The second kappa shape index (κ2) is 10.4. The summed E-state index contributed by atoms with van der Waals surface area (Å²) in [6.45, 7) is 13.9. The van der Waals surface area contributed by atoms with Gasteiger partial charge in [-0.3, -0.25) is 0 Å². The summed E-state index contributed by atoms with van der Waals surface area (Å²) in [5, 5.41) is 6.53. The summed E-state index contributed by atoms with van der Waals surface area (Å²) in [6, 6.07) is 3.85. The van der Waals surface area contributed by atoms with Crippen molar-refractivity contribution < 1.29 is 8.83 Å². The van der Waals surface area contributed by atoms with E-state index in [2.05, 4.69) is 48.0 Å². The molecular weight excluding hydrogens is 443 g/mol. The van der Waals surface area contributed by atoms with E-state index in [0.29, 0.717) is 31.5 Å². The minimum atomic E-state index is -0.0582. The summed E-state index contributed by atoms with van der Waals surface area (Å²) in [7, 11) is 0. The van der Waals surface area contributed by atoms with Crippen LogP contribution in [-0.2, 0) is 18.4 Å². The van der Waals surface area contributed by atoms with Gasteiger partial charge in [0, 0.05) is 24.9 Å². The number of rotatable bonds is 7. The van der Waals surface area contributed by atoms with Crippen molar-refractivity contribution >= 4 is 29.9 Å². The molecular formula is C19H29IN4O2. The lowest BCUT2D eigenvalue weighted by Crippen LogP contribution is -2.39. The lowest BCUT2D eigenvalue weighted by Gasteiger charge is -2.13. The van der Waals surface area contributed by atoms with Gasteiger partial charge in [-0.1, -0.05) is 32.9 Å². The van der Waals surface area contributed by atoms with Gasteiger partial charge in [-0.2, -0.15) is 0 Å². The third-order valence-electron chi connectivity index (χ3n) is 3.47. The molecule has 0 aliphatic carbocycles. The Morgan fingerprint density at radius 2 is 2.08 bits per heavy atom. The number of nitrogens with zero attached hydrogens (tertiary/aromatic N) is 2. The second-order valence-corrected chi connectivity index (χ2v) is 7.10. The highest BCUT2D eigenvalue weighted by molar-refractivity contribution is 14.0. The number of guanidine groups is 1. The summed E-state index contributed by atoms with van der Waals surface area (Å²) in [5.41, 5.74) is 0.976. The van der Waals surface area contributed by atoms with Crippen molar-refractivity contribution in [3.05, 3.63) is 54.2 Å². The number of oxazole rings is 1. The van der Waals surface area contributed by atoms with Gasteiger partial charge >= 0.3 is 0 Å². The van der Waals surface area contributed by atoms with E-state index < -0.39 is 0 Å². The number of aliphatic imine (C=N–C) groups is 1. The molecule has 0 amide bonds. The molecule has 0 saturated heterocycles. The van der Waals surface area contributed by atoms with Gasteiger partial charge < -0.3 is 19.5 Å². The highest BCUT2D eigenvalue weighted by Gasteiger charge is 2.19. The summed E-state index contributed by atoms with van der Waals surface area (Å²) in [5.74, 6) is 3.10. The zero-order valence-corrected chi connectivity index (χ0v) is 18.3. The van der Waals surface area contributed by atoms with Crippen molar-refractivity contribution in [2.75, 3.05) is 13.1 Å². The predicted molar refractivity (Wildman–Crippen MR) is 115 cm³/mol. The van der Waals surface area contributed by atoms with E-state index in [0.717, 1.165) is 23.5 Å². The van der Waals surface area contributed by atoms with Crippen molar-refractivity contribution in [2.24, 2.45) is 4.99 Å². The third kappa shape index (κ3) is 7.63. The first-order valence-electron chi connectivity index (χ1n) is 8.49. The Bertz CT molecular complexity index is 699. The molecule has 0 saturated carbocycles. The van der Waals surface area contributed by atoms with Crippen LogP contribution in [0.15, 0.2) is 50.6 Å². The highest BCUT2D eigenvalue weighted by Crippen LogP contribution is 2.22. The summed E-state index contributed by atoms with van der Waals surface area (Å²) in [6.07, 6.45) is 4.24. The molecule has 2 aromatic heterocycles. The third-order valence-corrected chi connectivity index (χ3v) is 3.47. The smallest absolute Gasteiger partial charge is 0.216 e. The fourth-order valence-electron chi connectivity index (χ4n) is 2.04. The van der Waals surface area contributed by atoms with Crippen LogP contribution in [0.3, 0.4) is 0 Å². The number of furan rings is 1. The van der Waals surface area contributed by atoms with E-state index in [1.165, 1.54) is 0 Å². The average Bonchev–Trinajstić information content (AvgIpc) is 3.20. The molecule has 0 unspecified atom stereocenters. The zero-order chi connectivity index (χ0) is 18.3. The molecule has 2 heterocycles. The first kappa shape index (κ1) is 22.3. The lowest BCUT2D eigenvalue weighted by molar-refractivity contribution is 0.383. The predicted octanol–water partition coefficient (Wildman–Crippen LogP) is 4.04. The first-order valence-corrected chi connectivity index (χ1v) is 8.49. The topological polar surface area (TPSA) is 75.6 Å². The number of halogens is 1. The molecule has 0 fully saturated rings. The lowest BCUT2D eigenvalue weighted by atomic mass is 9.94. The molecule has 2 N–H and O–H groups in total. The van der Waals surface area contributed by atoms with Crippen LogP contribution in [0.1, 0.15) is 45.1 Å². The molecule has 0 aliphatic heterocycles. The molecule has 26 heavy (non-hydrogen) atoms.